The summed E-state index contributed by atoms with van der Waals surface area (Å²) in [6.07, 6.45) is 0.600. The van der Waals surface area contributed by atoms with Crippen molar-refractivity contribution < 1.29 is 9.21 Å². The van der Waals surface area contributed by atoms with Gasteiger partial charge < -0.3 is 15.1 Å². The summed E-state index contributed by atoms with van der Waals surface area (Å²) in [5.41, 5.74) is 6.03. The Labute approximate surface area is 119 Å². The summed E-state index contributed by atoms with van der Waals surface area (Å²) in [4.78, 5) is 14.0. The van der Waals surface area contributed by atoms with Crippen LogP contribution in [0.25, 0.3) is 11.0 Å². The van der Waals surface area contributed by atoms with Crippen molar-refractivity contribution in [1.82, 2.24) is 4.90 Å². The van der Waals surface area contributed by atoms with Crippen molar-refractivity contribution in [3.8, 4) is 0 Å². The van der Waals surface area contributed by atoms with Crippen LogP contribution < -0.4 is 5.73 Å². The first-order chi connectivity index (χ1) is 9.36. The van der Waals surface area contributed by atoms with Gasteiger partial charge in [0.2, 0.25) is 5.91 Å². The van der Waals surface area contributed by atoms with Crippen molar-refractivity contribution >= 4 is 16.9 Å². The minimum Gasteiger partial charge on any atom is -0.459 e. The highest BCUT2D eigenvalue weighted by atomic mass is 16.3. The van der Waals surface area contributed by atoms with Crippen LogP contribution in [0.5, 0.6) is 0 Å². The van der Waals surface area contributed by atoms with Crippen LogP contribution in [0.2, 0.25) is 0 Å². The van der Waals surface area contributed by atoms with E-state index in [1.54, 1.807) is 18.9 Å². The Bertz CT molecular complexity index is 583. The van der Waals surface area contributed by atoms with Crippen molar-refractivity contribution in [2.75, 3.05) is 7.05 Å². The molecule has 2 atom stereocenters. The van der Waals surface area contributed by atoms with Gasteiger partial charge in [0.15, 0.2) is 0 Å². The molecule has 20 heavy (non-hydrogen) atoms. The van der Waals surface area contributed by atoms with Crippen LogP contribution in [-0.4, -0.2) is 23.4 Å². The molecule has 1 aromatic carbocycles. The summed E-state index contributed by atoms with van der Waals surface area (Å²) >= 11 is 0. The fourth-order valence-electron chi connectivity index (χ4n) is 2.13. The molecule has 0 fully saturated rings. The highest BCUT2D eigenvalue weighted by molar-refractivity contribution is 5.86. The second kappa shape index (κ2) is 5.29. The van der Waals surface area contributed by atoms with E-state index in [4.69, 9.17) is 10.2 Å². The van der Waals surface area contributed by atoms with Gasteiger partial charge in [0, 0.05) is 12.4 Å². The summed E-state index contributed by atoms with van der Waals surface area (Å²) in [5.74, 6) is 0.696. The number of nitrogens with two attached hydrogens (primary N) is 1. The molecule has 4 heteroatoms. The van der Waals surface area contributed by atoms with Crippen LogP contribution >= 0.6 is 0 Å². The largest absolute Gasteiger partial charge is 0.459 e. The van der Waals surface area contributed by atoms with Crippen molar-refractivity contribution in [1.29, 1.82) is 0 Å². The van der Waals surface area contributed by atoms with Gasteiger partial charge in [-0.1, -0.05) is 25.1 Å². The number of para-hydroxylation sites is 1. The highest BCUT2D eigenvalue weighted by Gasteiger charge is 2.32. The van der Waals surface area contributed by atoms with Crippen LogP contribution in [0.1, 0.15) is 39.0 Å². The molecule has 4 nitrogen and oxygen atoms in total. The van der Waals surface area contributed by atoms with Gasteiger partial charge in [-0.2, -0.15) is 0 Å². The molecule has 108 valence electrons. The van der Waals surface area contributed by atoms with Gasteiger partial charge in [-0.05, 0) is 32.4 Å². The number of likely N-dealkylation sites (N-methyl/N-ethyl adjacent to an activating group) is 1. The fraction of sp³-hybridized carbons (Fsp3) is 0.438. The van der Waals surface area contributed by atoms with Crippen molar-refractivity contribution in [3.05, 3.63) is 36.1 Å². The normalized spacial score (nSPS) is 15.8. The average Bonchev–Trinajstić information content (AvgIpc) is 2.88. The van der Waals surface area contributed by atoms with Crippen molar-refractivity contribution in [2.24, 2.45) is 5.73 Å². The molecule has 2 unspecified atom stereocenters. The molecule has 0 saturated carbocycles. The molecule has 1 amide bonds. The molecular weight excluding hydrogens is 252 g/mol. The number of carbonyl (C=O) groups is 1. The lowest BCUT2D eigenvalue weighted by atomic mass is 9.98. The van der Waals surface area contributed by atoms with Crippen LogP contribution in [-0.2, 0) is 4.79 Å². The minimum atomic E-state index is -0.838. The second-order valence-corrected chi connectivity index (χ2v) is 5.55. The van der Waals surface area contributed by atoms with Gasteiger partial charge in [0.05, 0.1) is 11.6 Å². The molecule has 1 aromatic heterocycles. The Morgan fingerprint density at radius 2 is 2.10 bits per heavy atom. The minimum absolute atomic E-state index is 0.0760. The molecular formula is C16H22N2O2. The molecule has 0 aliphatic carbocycles. The predicted molar refractivity (Wildman–Crippen MR) is 80.3 cm³/mol. The number of rotatable bonds is 4. The number of carbonyl (C=O) groups excluding carboxylic acids is 1. The Hall–Kier alpha value is -1.81. The lowest BCUT2D eigenvalue weighted by Crippen LogP contribution is -2.52. The molecule has 0 aliphatic rings. The zero-order valence-corrected chi connectivity index (χ0v) is 12.5. The van der Waals surface area contributed by atoms with E-state index in [0.29, 0.717) is 6.42 Å². The number of fused-ring (bicyclic) bond motifs is 1. The van der Waals surface area contributed by atoms with Gasteiger partial charge in [-0.15, -0.1) is 0 Å². The van der Waals surface area contributed by atoms with E-state index >= 15 is 0 Å². The molecule has 0 bridgehead atoms. The highest BCUT2D eigenvalue weighted by Crippen LogP contribution is 2.27. The maximum atomic E-state index is 12.4. The van der Waals surface area contributed by atoms with Crippen LogP contribution in [0.3, 0.4) is 0 Å². The second-order valence-electron chi connectivity index (χ2n) is 5.55. The first-order valence-corrected chi connectivity index (χ1v) is 6.91. The molecule has 2 aromatic rings. The molecule has 2 N–H and O–H groups in total. The summed E-state index contributed by atoms with van der Waals surface area (Å²) in [6.45, 7) is 5.62. The Morgan fingerprint density at radius 3 is 2.70 bits per heavy atom. The summed E-state index contributed by atoms with van der Waals surface area (Å²) in [6, 6.07) is 9.65. The van der Waals surface area contributed by atoms with Crippen LogP contribution in [0.15, 0.2) is 34.7 Å². The smallest absolute Gasteiger partial charge is 0.242 e. The molecule has 0 aliphatic heterocycles. The zero-order valence-electron chi connectivity index (χ0n) is 12.5. The van der Waals surface area contributed by atoms with E-state index in [-0.39, 0.29) is 11.9 Å². The number of benzene rings is 1. The van der Waals surface area contributed by atoms with E-state index in [0.717, 1.165) is 16.7 Å². The third-order valence-corrected chi connectivity index (χ3v) is 3.98. The zero-order chi connectivity index (χ0) is 14.9. The van der Waals surface area contributed by atoms with Gasteiger partial charge in [0.1, 0.15) is 11.3 Å². The standard InChI is InChI=1S/C16H22N2O2/c1-5-16(3,17)15(19)18(4)11(2)14-10-12-8-6-7-9-13(12)20-14/h6-11H,5,17H2,1-4H3. The molecule has 0 spiro atoms. The van der Waals surface area contributed by atoms with Crippen molar-refractivity contribution in [2.45, 2.75) is 38.8 Å². The number of amides is 1. The van der Waals surface area contributed by atoms with Gasteiger partial charge in [-0.3, -0.25) is 4.79 Å². The van der Waals surface area contributed by atoms with Crippen LogP contribution in [0, 0.1) is 0 Å². The van der Waals surface area contributed by atoms with Crippen LogP contribution in [0.4, 0.5) is 0 Å². The maximum Gasteiger partial charge on any atom is 0.242 e. The lowest BCUT2D eigenvalue weighted by Gasteiger charge is -2.31. The number of nitrogens with zero attached hydrogens (tertiary/aromatic N) is 1. The average molecular weight is 274 g/mol. The number of hydrogen-bond donors (Lipinski definition) is 1. The summed E-state index contributed by atoms with van der Waals surface area (Å²) in [5, 5.41) is 1.04. The van der Waals surface area contributed by atoms with Crippen molar-refractivity contribution in [3.63, 3.8) is 0 Å². The summed E-state index contributed by atoms with van der Waals surface area (Å²) in [7, 11) is 1.76. The van der Waals surface area contributed by atoms with E-state index in [9.17, 15) is 4.79 Å². The third kappa shape index (κ3) is 2.56. The maximum absolute atomic E-state index is 12.4. The number of furan rings is 1. The quantitative estimate of drug-likeness (QED) is 0.932. The first-order valence-electron chi connectivity index (χ1n) is 6.91. The van der Waals surface area contributed by atoms with Gasteiger partial charge >= 0.3 is 0 Å². The molecule has 1 heterocycles. The van der Waals surface area contributed by atoms with Gasteiger partial charge in [-0.25, -0.2) is 0 Å². The van der Waals surface area contributed by atoms with E-state index in [1.165, 1.54) is 0 Å². The predicted octanol–water partition coefficient (Wildman–Crippen LogP) is 3.08. The Kier molecular flexibility index (Phi) is 3.86. The Morgan fingerprint density at radius 1 is 1.45 bits per heavy atom. The third-order valence-electron chi connectivity index (χ3n) is 3.98. The Balaban J connectivity index is 2.26. The van der Waals surface area contributed by atoms with E-state index < -0.39 is 5.54 Å². The SMILES string of the molecule is CCC(C)(N)C(=O)N(C)C(C)c1cc2ccccc2o1. The lowest BCUT2D eigenvalue weighted by molar-refractivity contribution is -0.137. The molecule has 0 radical (unpaired) electrons. The fourth-order valence-corrected chi connectivity index (χ4v) is 2.13. The summed E-state index contributed by atoms with van der Waals surface area (Å²) < 4.78 is 5.81. The van der Waals surface area contributed by atoms with E-state index in [1.807, 2.05) is 44.2 Å². The first kappa shape index (κ1) is 14.6. The van der Waals surface area contributed by atoms with E-state index in [2.05, 4.69) is 0 Å². The molecule has 2 rings (SSSR count). The van der Waals surface area contributed by atoms with Gasteiger partial charge in [0.25, 0.3) is 0 Å². The topological polar surface area (TPSA) is 59.5 Å². The monoisotopic (exact) mass is 274 g/mol. The molecule has 0 saturated heterocycles. The number of hydrogen-bond acceptors (Lipinski definition) is 3.